The molecule has 1 saturated carbocycles. The average Bonchev–Trinajstić information content (AvgIpc) is 3.44. The van der Waals surface area contributed by atoms with Gasteiger partial charge in [-0.05, 0) is 31.7 Å². The Kier molecular flexibility index (Phi) is 11.4. The number of ether oxygens (including phenoxy) is 1. The van der Waals surface area contributed by atoms with E-state index in [0.29, 0.717) is 57.7 Å². The number of anilines is 2. The summed E-state index contributed by atoms with van der Waals surface area (Å²) in [5.74, 6) is 0.435. The molecule has 8 N–H and O–H groups in total. The van der Waals surface area contributed by atoms with Gasteiger partial charge in [-0.15, -0.1) is 5.10 Å². The summed E-state index contributed by atoms with van der Waals surface area (Å²) in [7, 11) is 0. The van der Waals surface area contributed by atoms with Crippen LogP contribution in [0.1, 0.15) is 44.2 Å². The van der Waals surface area contributed by atoms with Gasteiger partial charge in [0.05, 0.1) is 44.7 Å². The van der Waals surface area contributed by atoms with Crippen LogP contribution in [0.25, 0.3) is 0 Å². The molecule has 1 aliphatic heterocycles. The van der Waals surface area contributed by atoms with Gasteiger partial charge in [-0.1, -0.05) is 5.21 Å². The second-order valence-electron chi connectivity index (χ2n) is 10.7. The van der Waals surface area contributed by atoms with Gasteiger partial charge in [0, 0.05) is 51.3 Å². The zero-order chi connectivity index (χ0) is 30.0. The quantitative estimate of drug-likeness (QED) is 0.121. The Bertz CT molecular complexity index is 1160. The zero-order valence-electron chi connectivity index (χ0n) is 23.7. The second-order valence-corrected chi connectivity index (χ2v) is 10.7. The number of hydrogen-bond acceptors (Lipinski definition) is 13. The molecule has 2 aliphatic rings. The summed E-state index contributed by atoms with van der Waals surface area (Å²) in [6, 6.07) is 1.93. The van der Waals surface area contributed by atoms with Gasteiger partial charge in [0.1, 0.15) is 17.1 Å². The van der Waals surface area contributed by atoms with E-state index in [9.17, 15) is 24.9 Å². The normalized spacial score (nSPS) is 23.0. The number of piperidine rings is 1. The number of amides is 2. The first-order valence-electron chi connectivity index (χ1n) is 14.4. The lowest BCUT2D eigenvalue weighted by Crippen LogP contribution is -2.54. The Morgan fingerprint density at radius 2 is 1.98 bits per heavy atom. The molecule has 0 aromatic carbocycles. The number of aliphatic hydroxyl groups excluding tert-OH is 2. The minimum absolute atomic E-state index is 0.0602. The van der Waals surface area contributed by atoms with Gasteiger partial charge < -0.3 is 46.6 Å². The van der Waals surface area contributed by atoms with Crippen molar-refractivity contribution >= 4 is 23.6 Å². The molecule has 2 fully saturated rings. The molecule has 0 radical (unpaired) electrons. The first-order chi connectivity index (χ1) is 20.3. The van der Waals surface area contributed by atoms with Crippen molar-refractivity contribution in [2.75, 3.05) is 50.0 Å². The lowest BCUT2D eigenvalue weighted by molar-refractivity contribution is -0.154. The molecule has 0 spiro atoms. The number of carbonyl (C=O) groups excluding carboxylic acids is 2. The fraction of sp³-hybridized carbons (Fsp3) is 0.692. The van der Waals surface area contributed by atoms with Gasteiger partial charge in [0.25, 0.3) is 5.91 Å². The minimum Gasteiger partial charge on any atom is -0.390 e. The van der Waals surface area contributed by atoms with Crippen LogP contribution in [0, 0.1) is 0 Å². The van der Waals surface area contributed by atoms with Gasteiger partial charge in [-0.25, -0.2) is 9.67 Å². The van der Waals surface area contributed by atoms with E-state index in [1.165, 1.54) is 0 Å². The number of rotatable bonds is 14. The third-order valence-corrected chi connectivity index (χ3v) is 7.49. The fourth-order valence-electron chi connectivity index (χ4n) is 5.02. The van der Waals surface area contributed by atoms with E-state index in [1.54, 1.807) is 21.8 Å². The average molecular weight is 591 g/mol. The number of carbonyl (C=O) groups is 2. The predicted molar refractivity (Wildman–Crippen MR) is 151 cm³/mol. The third kappa shape index (κ3) is 9.03. The standard InChI is InChI=1S/C26H42N10O6/c27-7-13-42-14-12-36-17-19(33-34-36)16-30-25-29-8-2-22(32-25)31-18-4-10-35(11-5-18)23(39)3-9-28-24(40)26(41)6-1-20(37)21(38)15-26/h2,8,17-18,20-21,37-38,41H,1,3-7,9-16,27H2,(H,28,40)(H2,29,30,31,32). The number of nitrogens with one attached hydrogen (secondary N) is 3. The maximum atomic E-state index is 12.7. The summed E-state index contributed by atoms with van der Waals surface area (Å²) in [6.07, 6.45) is 2.97. The first kappa shape index (κ1) is 31.5. The number of nitrogens with zero attached hydrogens (tertiary/aromatic N) is 6. The van der Waals surface area contributed by atoms with Crippen molar-refractivity contribution in [3.63, 3.8) is 0 Å². The highest BCUT2D eigenvalue weighted by atomic mass is 16.5. The molecule has 42 heavy (non-hydrogen) atoms. The molecule has 1 saturated heterocycles. The lowest BCUT2D eigenvalue weighted by Gasteiger charge is -2.36. The van der Waals surface area contributed by atoms with Crippen LogP contribution in [0.15, 0.2) is 18.5 Å². The molecule has 0 bridgehead atoms. The molecule has 3 unspecified atom stereocenters. The van der Waals surface area contributed by atoms with Gasteiger partial charge in [0.15, 0.2) is 0 Å². The van der Waals surface area contributed by atoms with Gasteiger partial charge in [0.2, 0.25) is 11.9 Å². The summed E-state index contributed by atoms with van der Waals surface area (Å²) in [6.45, 7) is 3.75. The first-order valence-corrected chi connectivity index (χ1v) is 14.4. The van der Waals surface area contributed by atoms with Crippen LogP contribution in [-0.4, -0.2) is 120 Å². The van der Waals surface area contributed by atoms with Crippen molar-refractivity contribution in [3.05, 3.63) is 24.2 Å². The zero-order valence-corrected chi connectivity index (χ0v) is 23.7. The SMILES string of the molecule is NCCOCCn1cc(CNc2nccc(NC3CCN(C(=O)CCNC(=O)C4(O)CCC(O)C(O)C4)CC3)n2)nn1. The Morgan fingerprint density at radius 1 is 1.17 bits per heavy atom. The highest BCUT2D eigenvalue weighted by Crippen LogP contribution is 2.29. The number of nitrogens with two attached hydrogens (primary N) is 1. The number of aliphatic hydroxyl groups is 3. The predicted octanol–water partition coefficient (Wildman–Crippen LogP) is -1.80. The molecular weight excluding hydrogens is 548 g/mol. The molecule has 2 aromatic heterocycles. The van der Waals surface area contributed by atoms with Crippen LogP contribution in [-0.2, 0) is 27.4 Å². The van der Waals surface area contributed by atoms with Crippen LogP contribution in [0.5, 0.6) is 0 Å². The van der Waals surface area contributed by atoms with Gasteiger partial charge in [-0.3, -0.25) is 9.59 Å². The van der Waals surface area contributed by atoms with Crippen LogP contribution in [0.3, 0.4) is 0 Å². The van der Waals surface area contributed by atoms with Crippen molar-refractivity contribution in [2.45, 2.75) is 75.5 Å². The van der Waals surface area contributed by atoms with Crippen molar-refractivity contribution in [3.8, 4) is 0 Å². The number of hydrogen-bond donors (Lipinski definition) is 7. The molecule has 232 valence electrons. The van der Waals surface area contributed by atoms with Crippen molar-refractivity contribution in [1.29, 1.82) is 0 Å². The largest absolute Gasteiger partial charge is 0.390 e. The van der Waals surface area contributed by atoms with E-state index >= 15 is 0 Å². The Labute approximate surface area is 244 Å². The maximum absolute atomic E-state index is 12.7. The Hall–Kier alpha value is -3.44. The molecule has 2 amide bonds. The highest BCUT2D eigenvalue weighted by molar-refractivity contribution is 5.85. The van der Waals surface area contributed by atoms with E-state index in [0.717, 1.165) is 18.5 Å². The second kappa shape index (κ2) is 15.2. The van der Waals surface area contributed by atoms with Crippen LogP contribution < -0.4 is 21.7 Å². The maximum Gasteiger partial charge on any atom is 0.252 e. The van der Waals surface area contributed by atoms with Crippen molar-refractivity contribution in [1.82, 2.24) is 35.2 Å². The summed E-state index contributed by atoms with van der Waals surface area (Å²) >= 11 is 0. The van der Waals surface area contributed by atoms with Crippen LogP contribution >= 0.6 is 0 Å². The van der Waals surface area contributed by atoms with Crippen molar-refractivity contribution < 1.29 is 29.6 Å². The van der Waals surface area contributed by atoms with Crippen LogP contribution in [0.2, 0.25) is 0 Å². The van der Waals surface area contributed by atoms with E-state index in [4.69, 9.17) is 10.5 Å². The lowest BCUT2D eigenvalue weighted by atomic mass is 9.81. The number of likely N-dealkylation sites (tertiary alicyclic amines) is 1. The van der Waals surface area contributed by atoms with Gasteiger partial charge >= 0.3 is 0 Å². The number of aromatic nitrogens is 5. The summed E-state index contributed by atoms with van der Waals surface area (Å²) in [5.41, 5.74) is 4.42. The van der Waals surface area contributed by atoms with Crippen molar-refractivity contribution in [2.24, 2.45) is 5.73 Å². The minimum atomic E-state index is -1.73. The summed E-state index contributed by atoms with van der Waals surface area (Å²) in [5, 5.41) is 47.3. The Balaban J connectivity index is 1.14. The molecule has 4 rings (SSSR count). The molecular formula is C26H42N10O6. The van der Waals surface area contributed by atoms with E-state index < -0.39 is 23.7 Å². The molecule has 2 aromatic rings. The van der Waals surface area contributed by atoms with Gasteiger partial charge in [-0.2, -0.15) is 4.98 Å². The smallest absolute Gasteiger partial charge is 0.252 e. The van der Waals surface area contributed by atoms with E-state index in [2.05, 4.69) is 36.2 Å². The van der Waals surface area contributed by atoms with Crippen LogP contribution in [0.4, 0.5) is 11.8 Å². The monoisotopic (exact) mass is 590 g/mol. The third-order valence-electron chi connectivity index (χ3n) is 7.49. The Morgan fingerprint density at radius 3 is 2.74 bits per heavy atom. The molecule has 3 heterocycles. The highest BCUT2D eigenvalue weighted by Gasteiger charge is 2.43. The fourth-order valence-corrected chi connectivity index (χ4v) is 5.02. The van der Waals surface area contributed by atoms with E-state index in [-0.39, 0.29) is 44.2 Å². The topological polar surface area (TPSA) is 226 Å². The molecule has 16 nitrogen and oxygen atoms in total. The van der Waals surface area contributed by atoms with E-state index in [1.807, 2.05) is 6.20 Å². The summed E-state index contributed by atoms with van der Waals surface area (Å²) in [4.78, 5) is 35.7. The molecule has 1 aliphatic carbocycles. The molecule has 16 heteroatoms. The summed E-state index contributed by atoms with van der Waals surface area (Å²) < 4.78 is 7.07. The molecule has 3 atom stereocenters.